The molecule has 1 aliphatic heterocycles. The van der Waals surface area contributed by atoms with Gasteiger partial charge in [-0.15, -0.1) is 0 Å². The summed E-state index contributed by atoms with van der Waals surface area (Å²) in [5.74, 6) is -2.24. The van der Waals surface area contributed by atoms with Gasteiger partial charge in [0.05, 0.1) is 4.92 Å². The van der Waals surface area contributed by atoms with E-state index in [1.165, 1.54) is 12.1 Å². The van der Waals surface area contributed by atoms with Crippen LogP contribution < -0.4 is 4.90 Å². The average Bonchev–Trinajstić information content (AvgIpc) is 2.61. The second kappa shape index (κ2) is 6.96. The van der Waals surface area contributed by atoms with Crippen LogP contribution >= 0.6 is 0 Å². The number of piperazine rings is 1. The van der Waals surface area contributed by atoms with E-state index in [0.29, 0.717) is 18.8 Å². The number of nitro groups is 1. The summed E-state index contributed by atoms with van der Waals surface area (Å²) in [5.41, 5.74) is 0.676. The fourth-order valence-corrected chi connectivity index (χ4v) is 4.36. The first kappa shape index (κ1) is 18.2. The Morgan fingerprint density at radius 2 is 1.46 bits per heavy atom. The van der Waals surface area contributed by atoms with Gasteiger partial charge in [-0.1, -0.05) is 6.07 Å². The summed E-state index contributed by atoms with van der Waals surface area (Å²) in [6.07, 6.45) is 0. The van der Waals surface area contributed by atoms with E-state index in [9.17, 15) is 27.3 Å². The lowest BCUT2D eigenvalue weighted by Crippen LogP contribution is -2.49. The second-order valence-electron chi connectivity index (χ2n) is 5.72. The smallest absolute Gasteiger partial charge is 0.269 e. The zero-order valence-corrected chi connectivity index (χ0v) is 14.3. The third-order valence-corrected chi connectivity index (χ3v) is 6.13. The maximum absolute atomic E-state index is 13.8. The van der Waals surface area contributed by atoms with Crippen LogP contribution in [0.3, 0.4) is 0 Å². The van der Waals surface area contributed by atoms with Gasteiger partial charge in [-0.3, -0.25) is 10.1 Å². The van der Waals surface area contributed by atoms with Crippen LogP contribution in [-0.2, 0) is 10.0 Å². The molecule has 10 heteroatoms. The van der Waals surface area contributed by atoms with Crippen molar-refractivity contribution in [3.8, 4) is 0 Å². The second-order valence-corrected chi connectivity index (χ2v) is 7.59. The fourth-order valence-electron chi connectivity index (χ4n) is 2.83. The van der Waals surface area contributed by atoms with Crippen LogP contribution in [0, 0.1) is 21.7 Å². The topological polar surface area (TPSA) is 83.8 Å². The Balaban J connectivity index is 1.75. The molecule has 1 heterocycles. The van der Waals surface area contributed by atoms with Crippen LogP contribution in [0.1, 0.15) is 0 Å². The molecule has 0 spiro atoms. The Bertz CT molecular complexity index is 907. The van der Waals surface area contributed by atoms with Crippen molar-refractivity contribution in [2.45, 2.75) is 4.90 Å². The molecule has 0 aromatic heterocycles. The summed E-state index contributed by atoms with van der Waals surface area (Å²) in [6.45, 7) is 0.695. The molecule has 7 nitrogen and oxygen atoms in total. The van der Waals surface area contributed by atoms with Crippen molar-refractivity contribution < 1.29 is 22.1 Å². The third kappa shape index (κ3) is 3.37. The molecule has 3 rings (SSSR count). The van der Waals surface area contributed by atoms with Gasteiger partial charge in [-0.2, -0.15) is 4.31 Å². The Kier molecular flexibility index (Phi) is 4.88. The molecule has 0 radical (unpaired) electrons. The van der Waals surface area contributed by atoms with Gasteiger partial charge in [0, 0.05) is 44.0 Å². The first-order valence-electron chi connectivity index (χ1n) is 7.74. The molecular weight excluding hydrogens is 368 g/mol. The predicted octanol–water partition coefficient (Wildman–Crippen LogP) is 2.38. The molecule has 2 aromatic carbocycles. The van der Waals surface area contributed by atoms with E-state index in [1.54, 1.807) is 12.1 Å². The van der Waals surface area contributed by atoms with E-state index in [-0.39, 0.29) is 18.8 Å². The maximum Gasteiger partial charge on any atom is 0.269 e. The number of hydrogen-bond acceptors (Lipinski definition) is 5. The minimum atomic E-state index is -4.28. The highest BCUT2D eigenvalue weighted by molar-refractivity contribution is 7.89. The van der Waals surface area contributed by atoms with E-state index in [4.69, 9.17) is 0 Å². The summed E-state index contributed by atoms with van der Waals surface area (Å²) >= 11 is 0. The van der Waals surface area contributed by atoms with Crippen LogP contribution in [0.5, 0.6) is 0 Å². The molecule has 0 amide bonds. The van der Waals surface area contributed by atoms with Crippen molar-refractivity contribution in [3.63, 3.8) is 0 Å². The Labute approximate surface area is 148 Å². The van der Waals surface area contributed by atoms with E-state index < -0.39 is 31.5 Å². The van der Waals surface area contributed by atoms with Gasteiger partial charge in [0.1, 0.15) is 11.6 Å². The van der Waals surface area contributed by atoms with Crippen molar-refractivity contribution in [2.24, 2.45) is 0 Å². The number of rotatable bonds is 4. The summed E-state index contributed by atoms with van der Waals surface area (Å²) in [4.78, 5) is 11.1. The molecule has 0 N–H and O–H groups in total. The van der Waals surface area contributed by atoms with Gasteiger partial charge >= 0.3 is 0 Å². The van der Waals surface area contributed by atoms with E-state index in [2.05, 4.69) is 0 Å². The maximum atomic E-state index is 13.8. The highest BCUT2D eigenvalue weighted by atomic mass is 32.2. The van der Waals surface area contributed by atoms with E-state index >= 15 is 0 Å². The summed E-state index contributed by atoms with van der Waals surface area (Å²) in [6, 6.07) is 8.82. The zero-order valence-electron chi connectivity index (χ0n) is 13.5. The Morgan fingerprint density at radius 3 is 1.96 bits per heavy atom. The van der Waals surface area contributed by atoms with Gasteiger partial charge in [0.2, 0.25) is 10.0 Å². The minimum absolute atomic E-state index is 0.0370. The number of sulfonamides is 1. The molecule has 1 aliphatic rings. The largest absolute Gasteiger partial charge is 0.369 e. The van der Waals surface area contributed by atoms with Gasteiger partial charge in [-0.25, -0.2) is 17.2 Å². The Hall–Kier alpha value is -2.59. The minimum Gasteiger partial charge on any atom is -0.369 e. The lowest BCUT2D eigenvalue weighted by molar-refractivity contribution is -0.384. The number of halogens is 2. The highest BCUT2D eigenvalue weighted by Gasteiger charge is 2.33. The SMILES string of the molecule is O=[N+]([O-])c1ccc(N2CCN(S(=O)(=O)c3c(F)cccc3F)CC2)cc1. The lowest BCUT2D eigenvalue weighted by Gasteiger charge is -2.35. The zero-order chi connectivity index (χ0) is 18.9. The molecule has 26 heavy (non-hydrogen) atoms. The summed E-state index contributed by atoms with van der Waals surface area (Å²) in [7, 11) is -4.28. The molecule has 0 bridgehead atoms. The molecule has 1 fully saturated rings. The fraction of sp³-hybridized carbons (Fsp3) is 0.250. The highest BCUT2D eigenvalue weighted by Crippen LogP contribution is 2.25. The van der Waals surface area contributed by atoms with Crippen molar-refractivity contribution in [2.75, 3.05) is 31.1 Å². The molecule has 0 aliphatic carbocycles. The van der Waals surface area contributed by atoms with Gasteiger partial charge in [0.15, 0.2) is 4.90 Å². The number of nitro benzene ring substituents is 1. The van der Waals surface area contributed by atoms with E-state index in [1.807, 2.05) is 4.90 Å². The van der Waals surface area contributed by atoms with Crippen LogP contribution in [0.25, 0.3) is 0 Å². The number of hydrogen-bond donors (Lipinski definition) is 0. The van der Waals surface area contributed by atoms with Crippen molar-refractivity contribution >= 4 is 21.4 Å². The average molecular weight is 383 g/mol. The molecular formula is C16H15F2N3O4S. The van der Waals surface area contributed by atoms with Crippen LogP contribution in [-0.4, -0.2) is 43.8 Å². The van der Waals surface area contributed by atoms with Crippen LogP contribution in [0.2, 0.25) is 0 Å². The molecule has 0 saturated carbocycles. The van der Waals surface area contributed by atoms with Crippen molar-refractivity contribution in [1.82, 2.24) is 4.31 Å². The summed E-state index contributed by atoms with van der Waals surface area (Å²) in [5, 5.41) is 10.7. The molecule has 138 valence electrons. The molecule has 0 unspecified atom stereocenters. The standard InChI is InChI=1S/C16H15F2N3O4S/c17-14-2-1-3-15(18)16(14)26(24,25)20-10-8-19(9-11-20)12-4-6-13(7-5-12)21(22)23/h1-7H,8-11H2. The van der Waals surface area contributed by atoms with Crippen molar-refractivity contribution in [1.29, 1.82) is 0 Å². The molecule has 0 atom stereocenters. The van der Waals surface area contributed by atoms with E-state index in [0.717, 1.165) is 22.5 Å². The van der Waals surface area contributed by atoms with Crippen LogP contribution in [0.4, 0.5) is 20.2 Å². The van der Waals surface area contributed by atoms with Gasteiger partial charge in [0.25, 0.3) is 5.69 Å². The molecule has 1 saturated heterocycles. The molecule has 2 aromatic rings. The summed E-state index contributed by atoms with van der Waals surface area (Å²) < 4.78 is 53.8. The normalized spacial score (nSPS) is 15.8. The monoisotopic (exact) mass is 383 g/mol. The quantitative estimate of drug-likeness (QED) is 0.598. The first-order chi connectivity index (χ1) is 12.3. The van der Waals surface area contributed by atoms with Crippen LogP contribution in [0.15, 0.2) is 47.4 Å². The number of nitrogens with zero attached hydrogens (tertiary/aromatic N) is 3. The number of benzene rings is 2. The predicted molar refractivity (Wildman–Crippen MR) is 90.4 cm³/mol. The first-order valence-corrected chi connectivity index (χ1v) is 9.18. The number of anilines is 1. The lowest BCUT2D eigenvalue weighted by atomic mass is 10.2. The third-order valence-electron chi connectivity index (χ3n) is 4.18. The Morgan fingerprint density at radius 1 is 0.923 bits per heavy atom. The van der Waals surface area contributed by atoms with Gasteiger partial charge in [-0.05, 0) is 24.3 Å². The van der Waals surface area contributed by atoms with Crippen molar-refractivity contribution in [3.05, 3.63) is 64.2 Å². The number of non-ortho nitro benzene ring substituents is 1. The van der Waals surface area contributed by atoms with Gasteiger partial charge < -0.3 is 4.90 Å².